The average Bonchev–Trinajstić information content (AvgIpc) is 2.44. The lowest BCUT2D eigenvalue weighted by molar-refractivity contribution is -0.131. The molecular weight excluding hydrogens is 258 g/mol. The molecule has 0 spiro atoms. The first-order valence-corrected chi connectivity index (χ1v) is 5.62. The molecule has 1 N–H and O–H groups in total. The van der Waals surface area contributed by atoms with Crippen LogP contribution >= 0.6 is 0 Å². The Kier molecular flexibility index (Phi) is 5.49. The van der Waals surface area contributed by atoms with Crippen molar-refractivity contribution in [1.82, 2.24) is 4.90 Å². The molecule has 1 aromatic carbocycles. The number of nitrogens with zero attached hydrogens (tertiary/aromatic N) is 3. The fourth-order valence-corrected chi connectivity index (χ4v) is 1.46. The lowest BCUT2D eigenvalue weighted by Gasteiger charge is -2.15. The Morgan fingerprint density at radius 1 is 1.15 bits per heavy atom. The van der Waals surface area contributed by atoms with Gasteiger partial charge in [0.15, 0.2) is 0 Å². The van der Waals surface area contributed by atoms with Gasteiger partial charge in [0.25, 0.3) is 5.91 Å². The zero-order chi connectivity index (χ0) is 15.0. The lowest BCUT2D eigenvalue weighted by Crippen LogP contribution is -2.31. The predicted molar refractivity (Wildman–Crippen MR) is 70.2 cm³/mol. The van der Waals surface area contributed by atoms with Crippen LogP contribution in [0.25, 0.3) is 6.08 Å². The number of carbonyl (C=O) groups excluding carboxylic acids is 1. The van der Waals surface area contributed by atoms with Crippen LogP contribution in [0, 0.1) is 22.7 Å². The Hall–Kier alpha value is -3.12. The highest BCUT2D eigenvalue weighted by Crippen LogP contribution is 2.09. The van der Waals surface area contributed by atoms with Crippen LogP contribution in [0.3, 0.4) is 0 Å². The molecule has 1 amide bonds. The largest absolute Gasteiger partial charge is 0.478 e. The van der Waals surface area contributed by atoms with Crippen molar-refractivity contribution in [3.63, 3.8) is 0 Å². The Morgan fingerprint density at radius 3 is 2.15 bits per heavy atom. The first-order chi connectivity index (χ1) is 9.58. The molecule has 20 heavy (non-hydrogen) atoms. The van der Waals surface area contributed by atoms with E-state index in [9.17, 15) is 9.59 Å². The van der Waals surface area contributed by atoms with Crippen molar-refractivity contribution in [2.75, 3.05) is 13.1 Å². The Balaban J connectivity index is 2.87. The van der Waals surface area contributed by atoms with Crippen LogP contribution in [0.2, 0.25) is 0 Å². The van der Waals surface area contributed by atoms with E-state index in [0.29, 0.717) is 11.1 Å². The summed E-state index contributed by atoms with van der Waals surface area (Å²) >= 11 is 0. The number of aliphatic carboxylic acids is 1. The first kappa shape index (κ1) is 14.9. The number of carboxylic acids is 1. The number of nitriles is 2. The normalized spacial score (nSPS) is 9.70. The van der Waals surface area contributed by atoms with Gasteiger partial charge in [0.05, 0.1) is 12.1 Å². The number of hydrogen-bond donors (Lipinski definition) is 1. The summed E-state index contributed by atoms with van der Waals surface area (Å²) in [5.41, 5.74) is 0.971. The number of carboxylic acid groups (broad SMARTS) is 1. The number of hydrogen-bond acceptors (Lipinski definition) is 4. The van der Waals surface area contributed by atoms with Crippen molar-refractivity contribution >= 4 is 18.0 Å². The van der Waals surface area contributed by atoms with E-state index >= 15 is 0 Å². The highest BCUT2D eigenvalue weighted by Gasteiger charge is 2.14. The van der Waals surface area contributed by atoms with Crippen LogP contribution in [0.4, 0.5) is 0 Å². The van der Waals surface area contributed by atoms with Gasteiger partial charge in [0, 0.05) is 11.6 Å². The van der Waals surface area contributed by atoms with Crippen LogP contribution in [0.1, 0.15) is 15.9 Å². The maximum absolute atomic E-state index is 12.0. The standard InChI is InChI=1S/C14H11N3O3/c15-7-9-17(10-8-16)14(20)12-4-1-11(2-5-12)3-6-13(18)19/h1-6H,9-10H2,(H,18,19). The molecule has 0 aliphatic carbocycles. The molecule has 1 rings (SSSR count). The fraction of sp³-hybridized carbons (Fsp3) is 0.143. The highest BCUT2D eigenvalue weighted by molar-refractivity contribution is 5.95. The van der Waals surface area contributed by atoms with E-state index in [4.69, 9.17) is 15.6 Å². The smallest absolute Gasteiger partial charge is 0.328 e. The second-order valence-electron chi connectivity index (χ2n) is 3.77. The summed E-state index contributed by atoms with van der Waals surface area (Å²) in [6, 6.07) is 9.86. The van der Waals surface area contributed by atoms with Crippen molar-refractivity contribution in [3.8, 4) is 12.1 Å². The number of rotatable bonds is 5. The Morgan fingerprint density at radius 2 is 1.70 bits per heavy atom. The van der Waals surface area contributed by atoms with Crippen molar-refractivity contribution in [2.24, 2.45) is 0 Å². The van der Waals surface area contributed by atoms with Crippen LogP contribution in [0.15, 0.2) is 30.3 Å². The summed E-state index contributed by atoms with van der Waals surface area (Å²) in [5, 5.41) is 25.7. The van der Waals surface area contributed by atoms with Crippen LogP contribution < -0.4 is 0 Å². The fourth-order valence-electron chi connectivity index (χ4n) is 1.46. The molecule has 0 atom stereocenters. The van der Waals surface area contributed by atoms with E-state index in [1.165, 1.54) is 18.2 Å². The van der Waals surface area contributed by atoms with Crippen molar-refractivity contribution in [2.45, 2.75) is 0 Å². The van der Waals surface area contributed by atoms with Crippen LogP contribution in [-0.2, 0) is 4.79 Å². The van der Waals surface area contributed by atoms with Gasteiger partial charge in [-0.25, -0.2) is 4.79 Å². The molecule has 0 bridgehead atoms. The van der Waals surface area contributed by atoms with E-state index in [2.05, 4.69) is 0 Å². The first-order valence-electron chi connectivity index (χ1n) is 5.62. The SMILES string of the molecule is N#CCN(CC#N)C(=O)c1ccc(C=CC(=O)O)cc1. The van der Waals surface area contributed by atoms with E-state index < -0.39 is 11.9 Å². The van der Waals surface area contributed by atoms with Gasteiger partial charge in [0.2, 0.25) is 0 Å². The molecule has 6 nitrogen and oxygen atoms in total. The lowest BCUT2D eigenvalue weighted by atomic mass is 10.1. The van der Waals surface area contributed by atoms with Gasteiger partial charge in [-0.3, -0.25) is 4.79 Å². The number of benzene rings is 1. The molecule has 1 aromatic rings. The summed E-state index contributed by atoms with van der Waals surface area (Å²) in [6.45, 7) is -0.319. The summed E-state index contributed by atoms with van der Waals surface area (Å²) in [6.07, 6.45) is 2.40. The summed E-state index contributed by atoms with van der Waals surface area (Å²) in [4.78, 5) is 23.5. The predicted octanol–water partition coefficient (Wildman–Crippen LogP) is 1.27. The third-order valence-corrected chi connectivity index (χ3v) is 2.39. The van der Waals surface area contributed by atoms with Gasteiger partial charge >= 0.3 is 5.97 Å². The minimum absolute atomic E-state index is 0.160. The second kappa shape index (κ2) is 7.34. The van der Waals surface area contributed by atoms with Gasteiger partial charge < -0.3 is 10.0 Å². The molecule has 0 fully saturated rings. The molecule has 0 heterocycles. The molecule has 0 saturated carbocycles. The topological polar surface area (TPSA) is 105 Å². The molecule has 6 heteroatoms. The Labute approximate surface area is 115 Å². The zero-order valence-electron chi connectivity index (χ0n) is 10.5. The van der Waals surface area contributed by atoms with Crippen molar-refractivity contribution in [1.29, 1.82) is 10.5 Å². The van der Waals surface area contributed by atoms with Gasteiger partial charge in [-0.05, 0) is 23.8 Å². The molecule has 0 aliphatic rings. The molecule has 0 aliphatic heterocycles. The zero-order valence-corrected chi connectivity index (χ0v) is 10.5. The summed E-state index contributed by atoms with van der Waals surface area (Å²) in [5.74, 6) is -1.47. The minimum Gasteiger partial charge on any atom is -0.478 e. The second-order valence-corrected chi connectivity index (χ2v) is 3.77. The molecule has 100 valence electrons. The third-order valence-electron chi connectivity index (χ3n) is 2.39. The van der Waals surface area contributed by atoms with E-state index in [1.807, 2.05) is 12.1 Å². The van der Waals surface area contributed by atoms with Gasteiger partial charge in [-0.15, -0.1) is 0 Å². The van der Waals surface area contributed by atoms with E-state index in [0.717, 1.165) is 11.0 Å². The molecule has 0 saturated heterocycles. The van der Waals surface area contributed by atoms with Crippen molar-refractivity contribution < 1.29 is 14.7 Å². The average molecular weight is 269 g/mol. The minimum atomic E-state index is -1.06. The quantitative estimate of drug-likeness (QED) is 0.640. The molecule has 0 unspecified atom stereocenters. The van der Waals surface area contributed by atoms with Crippen molar-refractivity contribution in [3.05, 3.63) is 41.5 Å². The van der Waals surface area contributed by atoms with E-state index in [-0.39, 0.29) is 13.1 Å². The summed E-state index contributed by atoms with van der Waals surface area (Å²) < 4.78 is 0. The van der Waals surface area contributed by atoms with E-state index in [1.54, 1.807) is 12.1 Å². The monoisotopic (exact) mass is 269 g/mol. The van der Waals surface area contributed by atoms with Gasteiger partial charge in [-0.2, -0.15) is 10.5 Å². The third kappa shape index (κ3) is 4.28. The molecular formula is C14H11N3O3. The molecule has 0 aromatic heterocycles. The number of amides is 1. The Bertz CT molecular complexity index is 590. The van der Waals surface area contributed by atoms with Crippen LogP contribution in [0.5, 0.6) is 0 Å². The van der Waals surface area contributed by atoms with Gasteiger partial charge in [0.1, 0.15) is 13.1 Å². The van der Waals surface area contributed by atoms with Crippen LogP contribution in [-0.4, -0.2) is 35.0 Å². The maximum atomic E-state index is 12.0. The molecule has 0 radical (unpaired) electrons. The summed E-state index contributed by atoms with van der Waals surface area (Å²) in [7, 11) is 0. The maximum Gasteiger partial charge on any atom is 0.328 e. The highest BCUT2D eigenvalue weighted by atomic mass is 16.4. The number of carbonyl (C=O) groups is 2. The van der Waals surface area contributed by atoms with Gasteiger partial charge in [-0.1, -0.05) is 12.1 Å².